The molecule has 0 radical (unpaired) electrons. The molecule has 1 unspecified atom stereocenters. The first-order valence-corrected chi connectivity index (χ1v) is 8.05. The third-order valence-electron chi connectivity index (χ3n) is 3.29. The fourth-order valence-electron chi connectivity index (χ4n) is 2.00. The third kappa shape index (κ3) is 3.49. The summed E-state index contributed by atoms with van der Waals surface area (Å²) in [6.07, 6.45) is 0.603. The van der Waals surface area contributed by atoms with E-state index in [2.05, 4.69) is 0 Å². The molecule has 2 aromatic carbocycles. The molecule has 1 N–H and O–H groups in total. The predicted octanol–water partition coefficient (Wildman–Crippen LogP) is 2.52. The molecule has 0 saturated carbocycles. The van der Waals surface area contributed by atoms with Gasteiger partial charge in [0.25, 0.3) is 0 Å². The highest BCUT2D eigenvalue weighted by Gasteiger charge is 2.29. The smallest absolute Gasteiger partial charge is 0.321 e. The number of rotatable bonds is 5. The minimum absolute atomic E-state index is 0.0471. The molecule has 0 aliphatic carbocycles. The quantitative estimate of drug-likeness (QED) is 0.921. The van der Waals surface area contributed by atoms with Crippen molar-refractivity contribution in [3.05, 3.63) is 65.7 Å². The first-order chi connectivity index (χ1) is 9.91. The lowest BCUT2D eigenvalue weighted by atomic mass is 10.1. The summed E-state index contributed by atoms with van der Waals surface area (Å²) in [4.78, 5) is 11.0. The van der Waals surface area contributed by atoms with Gasteiger partial charge in [-0.25, -0.2) is 8.42 Å². The summed E-state index contributed by atoms with van der Waals surface area (Å²) < 4.78 is 24.4. The summed E-state index contributed by atoms with van der Waals surface area (Å²) in [5.74, 6) is -1.34. The molecule has 0 heterocycles. The summed E-state index contributed by atoms with van der Waals surface area (Å²) in [5.41, 5.74) is 1.90. The number of carboxylic acids is 1. The van der Waals surface area contributed by atoms with Crippen LogP contribution in [0.15, 0.2) is 59.5 Å². The summed E-state index contributed by atoms with van der Waals surface area (Å²) in [7, 11) is -3.85. The van der Waals surface area contributed by atoms with Crippen molar-refractivity contribution in [3.8, 4) is 0 Å². The lowest BCUT2D eigenvalue weighted by molar-refractivity contribution is -0.136. The fourth-order valence-corrected chi connectivity index (χ4v) is 3.26. The van der Waals surface area contributed by atoms with Crippen molar-refractivity contribution < 1.29 is 18.3 Å². The Balaban J connectivity index is 2.32. The molecule has 21 heavy (non-hydrogen) atoms. The second kappa shape index (κ2) is 6.10. The van der Waals surface area contributed by atoms with Crippen molar-refractivity contribution in [1.82, 2.24) is 0 Å². The van der Waals surface area contributed by atoms with Gasteiger partial charge in [-0.3, -0.25) is 4.79 Å². The lowest BCUT2D eigenvalue weighted by Crippen LogP contribution is -2.26. The van der Waals surface area contributed by atoms with Crippen LogP contribution in [0.1, 0.15) is 18.1 Å². The minimum Gasteiger partial charge on any atom is -0.480 e. The van der Waals surface area contributed by atoms with Gasteiger partial charge in [0.05, 0.1) is 4.90 Å². The monoisotopic (exact) mass is 304 g/mol. The van der Waals surface area contributed by atoms with E-state index in [1.165, 1.54) is 13.0 Å². The summed E-state index contributed by atoms with van der Waals surface area (Å²) in [6, 6.07) is 16.1. The standard InChI is InChI=1S/C16H16O4S/c1-12(16(17)18)21(19,20)15-9-5-8-14(11-15)10-13-6-3-2-4-7-13/h2-9,11-12H,10H2,1H3,(H,17,18). The van der Waals surface area contributed by atoms with Crippen molar-refractivity contribution in [2.24, 2.45) is 0 Å². The zero-order valence-corrected chi connectivity index (χ0v) is 12.4. The van der Waals surface area contributed by atoms with Gasteiger partial charge in [0, 0.05) is 0 Å². The molecule has 2 aromatic rings. The molecule has 5 heteroatoms. The van der Waals surface area contributed by atoms with Crippen LogP contribution >= 0.6 is 0 Å². The largest absolute Gasteiger partial charge is 0.480 e. The van der Waals surface area contributed by atoms with Gasteiger partial charge < -0.3 is 5.11 Å². The minimum atomic E-state index is -3.85. The molecular formula is C16H16O4S. The van der Waals surface area contributed by atoms with Gasteiger partial charge in [-0.15, -0.1) is 0 Å². The molecule has 0 amide bonds. The second-order valence-electron chi connectivity index (χ2n) is 4.84. The Morgan fingerprint density at radius 1 is 1.05 bits per heavy atom. The first kappa shape index (κ1) is 15.3. The van der Waals surface area contributed by atoms with Crippen molar-refractivity contribution >= 4 is 15.8 Å². The van der Waals surface area contributed by atoms with E-state index in [1.54, 1.807) is 12.1 Å². The van der Waals surface area contributed by atoms with Crippen LogP contribution < -0.4 is 0 Å². The highest BCUT2D eigenvalue weighted by molar-refractivity contribution is 7.92. The van der Waals surface area contributed by atoms with Gasteiger partial charge in [0.15, 0.2) is 15.1 Å². The Bertz CT molecular complexity index is 736. The average molecular weight is 304 g/mol. The maximum absolute atomic E-state index is 12.2. The average Bonchev–Trinajstić information content (AvgIpc) is 2.47. The van der Waals surface area contributed by atoms with Crippen LogP contribution in [-0.2, 0) is 21.1 Å². The highest BCUT2D eigenvalue weighted by Crippen LogP contribution is 2.19. The van der Waals surface area contributed by atoms with E-state index < -0.39 is 21.1 Å². The van der Waals surface area contributed by atoms with Crippen molar-refractivity contribution in [3.63, 3.8) is 0 Å². The molecule has 0 spiro atoms. The molecule has 4 nitrogen and oxygen atoms in total. The summed E-state index contributed by atoms with van der Waals surface area (Å²) in [6.45, 7) is 1.18. The molecule has 0 aromatic heterocycles. The van der Waals surface area contributed by atoms with E-state index in [9.17, 15) is 13.2 Å². The Morgan fingerprint density at radius 2 is 1.67 bits per heavy atom. The molecule has 1 atom stereocenters. The van der Waals surface area contributed by atoms with Crippen LogP contribution in [0.3, 0.4) is 0 Å². The van der Waals surface area contributed by atoms with Crippen LogP contribution in [0, 0.1) is 0 Å². The Labute approximate surface area is 124 Å². The van der Waals surface area contributed by atoms with E-state index in [4.69, 9.17) is 5.11 Å². The summed E-state index contributed by atoms with van der Waals surface area (Å²) in [5, 5.41) is 7.45. The fraction of sp³-hybridized carbons (Fsp3) is 0.188. The number of hydrogen-bond donors (Lipinski definition) is 1. The van der Waals surface area contributed by atoms with Crippen molar-refractivity contribution in [2.45, 2.75) is 23.5 Å². The van der Waals surface area contributed by atoms with Gasteiger partial charge in [0.1, 0.15) is 0 Å². The van der Waals surface area contributed by atoms with Crippen molar-refractivity contribution in [2.75, 3.05) is 0 Å². The maximum Gasteiger partial charge on any atom is 0.321 e. The van der Waals surface area contributed by atoms with Gasteiger partial charge in [0.2, 0.25) is 0 Å². The predicted molar refractivity (Wildman–Crippen MR) is 80.0 cm³/mol. The molecule has 0 aliphatic rings. The number of carboxylic acid groups (broad SMARTS) is 1. The summed E-state index contributed by atoms with van der Waals surface area (Å²) >= 11 is 0. The Kier molecular flexibility index (Phi) is 4.43. The number of hydrogen-bond acceptors (Lipinski definition) is 3. The third-order valence-corrected chi connectivity index (χ3v) is 5.33. The molecular weight excluding hydrogens is 288 g/mol. The van der Waals surface area contributed by atoms with E-state index in [0.29, 0.717) is 6.42 Å². The Hall–Kier alpha value is -2.14. The Morgan fingerprint density at radius 3 is 2.29 bits per heavy atom. The van der Waals surface area contributed by atoms with Crippen molar-refractivity contribution in [1.29, 1.82) is 0 Å². The topological polar surface area (TPSA) is 71.4 Å². The van der Waals surface area contributed by atoms with Gasteiger partial charge in [-0.2, -0.15) is 0 Å². The molecule has 0 saturated heterocycles. The number of carbonyl (C=O) groups is 1. The lowest BCUT2D eigenvalue weighted by Gasteiger charge is -2.10. The maximum atomic E-state index is 12.2. The van der Waals surface area contributed by atoms with E-state index in [1.807, 2.05) is 36.4 Å². The number of sulfone groups is 1. The van der Waals surface area contributed by atoms with Crippen LogP contribution in [-0.4, -0.2) is 24.7 Å². The molecule has 0 bridgehead atoms. The van der Waals surface area contributed by atoms with Crippen LogP contribution in [0.2, 0.25) is 0 Å². The number of aliphatic carboxylic acids is 1. The molecule has 2 rings (SSSR count). The van der Waals surface area contributed by atoms with Gasteiger partial charge in [-0.05, 0) is 36.6 Å². The van der Waals surface area contributed by atoms with E-state index in [0.717, 1.165) is 11.1 Å². The number of benzene rings is 2. The molecule has 110 valence electrons. The zero-order chi connectivity index (χ0) is 15.5. The van der Waals surface area contributed by atoms with Crippen LogP contribution in [0.25, 0.3) is 0 Å². The van der Waals surface area contributed by atoms with Gasteiger partial charge in [-0.1, -0.05) is 42.5 Å². The normalized spacial score (nSPS) is 12.8. The van der Waals surface area contributed by atoms with E-state index >= 15 is 0 Å². The SMILES string of the molecule is CC(C(=O)O)S(=O)(=O)c1cccc(Cc2ccccc2)c1. The zero-order valence-electron chi connectivity index (χ0n) is 11.6. The highest BCUT2D eigenvalue weighted by atomic mass is 32.2. The van der Waals surface area contributed by atoms with E-state index in [-0.39, 0.29) is 4.90 Å². The van der Waals surface area contributed by atoms with Gasteiger partial charge >= 0.3 is 5.97 Å². The second-order valence-corrected chi connectivity index (χ2v) is 7.10. The van der Waals surface area contributed by atoms with Crippen LogP contribution in [0.4, 0.5) is 0 Å². The molecule has 0 fully saturated rings. The van der Waals surface area contributed by atoms with Crippen LogP contribution in [0.5, 0.6) is 0 Å². The first-order valence-electron chi connectivity index (χ1n) is 6.51. The molecule has 0 aliphatic heterocycles.